The van der Waals surface area contributed by atoms with Gasteiger partial charge in [0.25, 0.3) is 0 Å². The molecule has 3 aromatic rings. The molecule has 0 amide bonds. The molecular weight excluding hydrogens is 327 g/mol. The molecule has 114 valence electrons. The lowest BCUT2D eigenvalue weighted by Crippen LogP contribution is -1.94. The Bertz CT molecular complexity index is 804. The minimum atomic E-state index is -0.958. The summed E-state index contributed by atoms with van der Waals surface area (Å²) in [5.41, 5.74) is 2.42. The Kier molecular flexibility index (Phi) is 5.19. The quantitative estimate of drug-likeness (QED) is 0.662. The molecule has 0 aliphatic carbocycles. The number of hydrogen-bond donors (Lipinski definition) is 3. The molecule has 0 aliphatic heterocycles. The molecule has 8 heteroatoms. The van der Waals surface area contributed by atoms with Gasteiger partial charge in [-0.15, -0.1) is 0 Å². The number of benzene rings is 2. The highest BCUT2D eigenvalue weighted by atomic mass is 35.5. The fourth-order valence-electron chi connectivity index (χ4n) is 1.62. The number of hydrogen-bond acceptors (Lipinski definition) is 4. The van der Waals surface area contributed by atoms with Crippen LogP contribution in [0.1, 0.15) is 10.4 Å². The Morgan fingerprint density at radius 2 is 1.82 bits per heavy atom. The smallest absolute Gasteiger partial charge is 0.335 e. The molecule has 0 saturated heterocycles. The number of aromatic carboxylic acids is 1. The molecule has 2 aromatic carbocycles. The van der Waals surface area contributed by atoms with Crippen molar-refractivity contribution < 1.29 is 9.90 Å². The lowest BCUT2D eigenvalue weighted by Gasteiger charge is -2.00. The lowest BCUT2D eigenvalue weighted by molar-refractivity contribution is 0.0697. The van der Waals surface area contributed by atoms with Gasteiger partial charge < -0.3 is 10.4 Å². The number of halogens is 2. The van der Waals surface area contributed by atoms with Crippen molar-refractivity contribution in [2.45, 2.75) is 0 Å². The Hall–Kier alpha value is -2.31. The second-order valence-electron chi connectivity index (χ2n) is 4.21. The van der Waals surface area contributed by atoms with Crippen molar-refractivity contribution in [2.75, 3.05) is 12.4 Å². The number of fused-ring (bicyclic) bond motifs is 1. The van der Waals surface area contributed by atoms with Crippen LogP contribution in [0.4, 0.5) is 5.69 Å². The Balaban J connectivity index is 0.000000164. The number of nitrogens with one attached hydrogen (secondary N) is 2. The summed E-state index contributed by atoms with van der Waals surface area (Å²) in [6.45, 7) is 0. The number of carbonyl (C=O) groups is 1. The Labute approximate surface area is 136 Å². The van der Waals surface area contributed by atoms with Crippen LogP contribution in [0.25, 0.3) is 11.0 Å². The van der Waals surface area contributed by atoms with Gasteiger partial charge in [-0.1, -0.05) is 23.2 Å². The van der Waals surface area contributed by atoms with Gasteiger partial charge in [0.1, 0.15) is 11.0 Å². The third-order valence-corrected chi connectivity index (χ3v) is 3.51. The van der Waals surface area contributed by atoms with Crippen LogP contribution in [0.15, 0.2) is 36.4 Å². The van der Waals surface area contributed by atoms with E-state index in [1.807, 2.05) is 13.1 Å². The normalized spacial score (nSPS) is 9.95. The first-order valence-electron chi connectivity index (χ1n) is 6.18. The fraction of sp³-hybridized carbons (Fsp3) is 0.0714. The molecule has 22 heavy (non-hydrogen) atoms. The summed E-state index contributed by atoms with van der Waals surface area (Å²) in [5.74, 6) is -0.958. The van der Waals surface area contributed by atoms with E-state index in [-0.39, 0.29) is 5.56 Å². The molecular formula is C14H12Cl2N4O2. The van der Waals surface area contributed by atoms with E-state index in [9.17, 15) is 4.79 Å². The highest BCUT2D eigenvalue weighted by Crippen LogP contribution is 2.24. The number of nitrogens with zero attached hydrogens (tertiary/aromatic N) is 2. The maximum absolute atomic E-state index is 10.5. The molecule has 3 rings (SSSR count). The molecule has 0 saturated carbocycles. The number of carboxylic acid groups (broad SMARTS) is 1. The van der Waals surface area contributed by atoms with Gasteiger partial charge >= 0.3 is 5.97 Å². The number of H-pyrrole nitrogens is 1. The van der Waals surface area contributed by atoms with Crippen LogP contribution in [0.2, 0.25) is 10.0 Å². The SMILES string of the molecule is CNc1ccc(Cl)c(Cl)c1.O=C(O)c1ccc2n[nH]nc2c1. The molecule has 0 aliphatic rings. The second-order valence-corrected chi connectivity index (χ2v) is 5.03. The Morgan fingerprint density at radius 3 is 2.45 bits per heavy atom. The van der Waals surface area contributed by atoms with Gasteiger partial charge in [-0.3, -0.25) is 0 Å². The minimum absolute atomic E-state index is 0.219. The first-order chi connectivity index (χ1) is 10.5. The minimum Gasteiger partial charge on any atom is -0.478 e. The van der Waals surface area contributed by atoms with Gasteiger partial charge in [0, 0.05) is 12.7 Å². The number of carboxylic acids is 1. The van der Waals surface area contributed by atoms with Crippen LogP contribution in [0.5, 0.6) is 0 Å². The van der Waals surface area contributed by atoms with Gasteiger partial charge in [0.05, 0.1) is 15.6 Å². The van der Waals surface area contributed by atoms with E-state index in [0.717, 1.165) is 5.69 Å². The zero-order chi connectivity index (χ0) is 16.1. The molecule has 0 unspecified atom stereocenters. The van der Waals surface area contributed by atoms with Gasteiger partial charge in [-0.25, -0.2) is 4.79 Å². The predicted octanol–water partition coefficient (Wildman–Crippen LogP) is 3.69. The third kappa shape index (κ3) is 3.87. The van der Waals surface area contributed by atoms with Crippen molar-refractivity contribution in [2.24, 2.45) is 0 Å². The van der Waals surface area contributed by atoms with E-state index in [0.29, 0.717) is 21.1 Å². The predicted molar refractivity (Wildman–Crippen MR) is 86.9 cm³/mol. The summed E-state index contributed by atoms with van der Waals surface area (Å²) in [4.78, 5) is 10.5. The van der Waals surface area contributed by atoms with E-state index in [4.69, 9.17) is 28.3 Å². The molecule has 6 nitrogen and oxygen atoms in total. The maximum atomic E-state index is 10.5. The molecule has 1 aromatic heterocycles. The van der Waals surface area contributed by atoms with Crippen LogP contribution in [0.3, 0.4) is 0 Å². The summed E-state index contributed by atoms with van der Waals surface area (Å²) < 4.78 is 0. The van der Waals surface area contributed by atoms with E-state index < -0.39 is 5.97 Å². The number of aromatic nitrogens is 3. The van der Waals surface area contributed by atoms with Crippen LogP contribution in [-0.4, -0.2) is 33.5 Å². The van der Waals surface area contributed by atoms with E-state index in [1.165, 1.54) is 12.1 Å². The first kappa shape index (κ1) is 16.1. The topological polar surface area (TPSA) is 90.9 Å². The van der Waals surface area contributed by atoms with Crippen molar-refractivity contribution in [3.8, 4) is 0 Å². The van der Waals surface area contributed by atoms with Gasteiger partial charge in [0.2, 0.25) is 0 Å². The van der Waals surface area contributed by atoms with Gasteiger partial charge in [-0.05, 0) is 36.4 Å². The number of aromatic amines is 1. The van der Waals surface area contributed by atoms with Gasteiger partial charge in [-0.2, -0.15) is 15.4 Å². The van der Waals surface area contributed by atoms with Crippen molar-refractivity contribution in [3.05, 3.63) is 52.0 Å². The number of anilines is 1. The fourth-order valence-corrected chi connectivity index (χ4v) is 1.92. The Morgan fingerprint density at radius 1 is 1.09 bits per heavy atom. The van der Waals surface area contributed by atoms with Crippen LogP contribution in [-0.2, 0) is 0 Å². The molecule has 1 heterocycles. The zero-order valence-corrected chi connectivity index (χ0v) is 13.0. The summed E-state index contributed by atoms with van der Waals surface area (Å²) in [5, 5.41) is 22.7. The average molecular weight is 339 g/mol. The monoisotopic (exact) mass is 338 g/mol. The molecule has 0 radical (unpaired) electrons. The van der Waals surface area contributed by atoms with Crippen molar-refractivity contribution in [3.63, 3.8) is 0 Å². The van der Waals surface area contributed by atoms with Crippen molar-refractivity contribution >= 4 is 45.9 Å². The van der Waals surface area contributed by atoms with E-state index in [1.54, 1.807) is 18.2 Å². The molecule has 0 bridgehead atoms. The van der Waals surface area contributed by atoms with Crippen molar-refractivity contribution in [1.29, 1.82) is 0 Å². The summed E-state index contributed by atoms with van der Waals surface area (Å²) >= 11 is 11.4. The lowest BCUT2D eigenvalue weighted by atomic mass is 10.2. The summed E-state index contributed by atoms with van der Waals surface area (Å²) in [7, 11) is 1.83. The summed E-state index contributed by atoms with van der Waals surface area (Å²) in [6.07, 6.45) is 0. The highest BCUT2D eigenvalue weighted by Gasteiger charge is 2.04. The van der Waals surface area contributed by atoms with Gasteiger partial charge in [0.15, 0.2) is 0 Å². The first-order valence-corrected chi connectivity index (χ1v) is 6.93. The molecule has 3 N–H and O–H groups in total. The molecule has 0 spiro atoms. The second kappa shape index (κ2) is 7.11. The van der Waals surface area contributed by atoms with E-state index in [2.05, 4.69) is 20.7 Å². The summed E-state index contributed by atoms with van der Waals surface area (Å²) in [6, 6.07) is 9.99. The maximum Gasteiger partial charge on any atom is 0.335 e. The van der Waals surface area contributed by atoms with Crippen LogP contribution < -0.4 is 5.32 Å². The molecule has 0 atom stereocenters. The van der Waals surface area contributed by atoms with E-state index >= 15 is 0 Å². The standard InChI is InChI=1S/C7H7Cl2N.C7H5N3O2/c1-10-5-2-3-6(8)7(9)4-5;11-7(12)4-1-2-5-6(3-4)9-10-8-5/h2-4,10H,1H3;1-3H,(H,11,12)(H,8,9,10). The van der Waals surface area contributed by atoms with Crippen LogP contribution in [0, 0.1) is 0 Å². The number of rotatable bonds is 2. The van der Waals surface area contributed by atoms with Crippen LogP contribution >= 0.6 is 23.2 Å². The zero-order valence-electron chi connectivity index (χ0n) is 11.5. The average Bonchev–Trinajstić information content (AvgIpc) is 2.98. The highest BCUT2D eigenvalue weighted by molar-refractivity contribution is 6.42. The molecule has 0 fully saturated rings. The van der Waals surface area contributed by atoms with Crippen molar-refractivity contribution in [1.82, 2.24) is 15.4 Å². The largest absolute Gasteiger partial charge is 0.478 e. The third-order valence-electron chi connectivity index (χ3n) is 2.77.